The van der Waals surface area contributed by atoms with E-state index in [-0.39, 0.29) is 26.9 Å². The molecule has 0 bridgehead atoms. The van der Waals surface area contributed by atoms with Gasteiger partial charge in [0, 0.05) is 0 Å². The van der Waals surface area contributed by atoms with Crippen LogP contribution in [0.5, 0.6) is 0 Å². The molecule has 22 heavy (non-hydrogen) atoms. The number of aliphatic hydroxyl groups is 1. The Hall–Kier alpha value is -1.19. The molecule has 0 amide bonds. The van der Waals surface area contributed by atoms with Gasteiger partial charge in [-0.05, 0) is 0 Å². The van der Waals surface area contributed by atoms with E-state index in [1.165, 1.54) is 16.6 Å². The molecule has 0 saturated carbocycles. The summed E-state index contributed by atoms with van der Waals surface area (Å²) in [4.78, 5) is 0. The van der Waals surface area contributed by atoms with Crippen molar-refractivity contribution in [2.45, 2.75) is 30.9 Å². The van der Waals surface area contributed by atoms with Crippen molar-refractivity contribution in [3.63, 3.8) is 0 Å². The van der Waals surface area contributed by atoms with Crippen molar-refractivity contribution < 1.29 is 14.2 Å². The summed E-state index contributed by atoms with van der Waals surface area (Å²) in [6.45, 7) is 1.98. The third-order valence-electron chi connectivity index (χ3n) is 3.58. The Labute approximate surface area is 137 Å². The molecule has 2 aromatic rings. The van der Waals surface area contributed by atoms with Crippen molar-refractivity contribution in [3.8, 4) is 0 Å². The quantitative estimate of drug-likeness (QED) is 0.760. The normalized spacial score (nSPS) is 13.8. The van der Waals surface area contributed by atoms with E-state index in [0.29, 0.717) is 6.42 Å². The zero-order valence-electron chi connectivity index (χ0n) is 12.8. The fourth-order valence-electron chi connectivity index (χ4n) is 2.25. The molecule has 118 valence electrons. The fraction of sp³-hybridized carbons (Fsp3) is 0.333. The van der Waals surface area contributed by atoms with Crippen LogP contribution in [0.1, 0.15) is 36.7 Å². The van der Waals surface area contributed by atoms with Crippen molar-refractivity contribution in [1.82, 2.24) is 0 Å². The summed E-state index contributed by atoms with van der Waals surface area (Å²) in [5.41, 5.74) is 2.00. The molecule has 0 radical (unpaired) electrons. The van der Waals surface area contributed by atoms with Crippen LogP contribution < -0.4 is 4.46 Å². The van der Waals surface area contributed by atoms with Crippen molar-refractivity contribution in [3.05, 3.63) is 65.5 Å². The number of hydrogen-bond donors (Lipinski definition) is 1. The van der Waals surface area contributed by atoms with E-state index in [1.54, 1.807) is 19.2 Å². The van der Waals surface area contributed by atoms with Crippen LogP contribution in [0.2, 0.25) is 5.32 Å². The number of rotatable bonds is 7. The Morgan fingerprint density at radius 2 is 1.82 bits per heavy atom. The predicted octanol–water partition coefficient (Wildman–Crippen LogP) is 3.40. The van der Waals surface area contributed by atoms with Crippen LogP contribution in [-0.2, 0) is 4.74 Å². The van der Waals surface area contributed by atoms with Gasteiger partial charge in [0.1, 0.15) is 0 Å². The summed E-state index contributed by atoms with van der Waals surface area (Å²) >= 11 is 0.182. The molecule has 0 saturated heterocycles. The average Bonchev–Trinajstić information content (AvgIpc) is 2.56. The minimum absolute atomic E-state index is 0.0487. The molecule has 0 unspecified atom stereocenters. The maximum atomic E-state index is 13.0. The molecule has 0 spiro atoms. The first-order chi connectivity index (χ1) is 10.7. The molecule has 2 atom stereocenters. The molecule has 0 fully saturated rings. The minimum atomic E-state index is -0.412. The van der Waals surface area contributed by atoms with Gasteiger partial charge in [0.05, 0.1) is 0 Å². The van der Waals surface area contributed by atoms with Gasteiger partial charge in [-0.25, -0.2) is 0 Å². The molecule has 2 nitrogen and oxygen atoms in total. The van der Waals surface area contributed by atoms with Crippen LogP contribution in [-0.4, -0.2) is 27.2 Å². The van der Waals surface area contributed by atoms with Gasteiger partial charge in [-0.2, -0.15) is 0 Å². The van der Waals surface area contributed by atoms with E-state index >= 15 is 0 Å². The van der Waals surface area contributed by atoms with E-state index in [1.807, 2.05) is 25.1 Å². The Morgan fingerprint density at radius 1 is 1.14 bits per heavy atom. The summed E-state index contributed by atoms with van der Waals surface area (Å²) in [7, 11) is 1.68. The third kappa shape index (κ3) is 4.40. The Morgan fingerprint density at radius 3 is 2.45 bits per heavy atom. The predicted molar refractivity (Wildman–Crippen MR) is 88.0 cm³/mol. The average molecular weight is 367 g/mol. The first-order valence-electron chi connectivity index (χ1n) is 7.33. The Balaban J connectivity index is 2.09. The SMILES string of the molecule is CC[C@H](O)c1ccccc1[Se]C[C@H](OC)c1ccc(F)cc1. The number of aliphatic hydroxyl groups excluding tert-OH is 1. The molecule has 2 aromatic carbocycles. The molecular weight excluding hydrogens is 346 g/mol. The summed E-state index contributed by atoms with van der Waals surface area (Å²) in [6, 6.07) is 14.5. The van der Waals surface area contributed by atoms with Gasteiger partial charge in [0.15, 0.2) is 0 Å². The van der Waals surface area contributed by atoms with Gasteiger partial charge in [-0.3, -0.25) is 0 Å². The van der Waals surface area contributed by atoms with E-state index in [2.05, 4.69) is 6.07 Å². The van der Waals surface area contributed by atoms with Gasteiger partial charge < -0.3 is 0 Å². The first-order valence-corrected chi connectivity index (χ1v) is 9.40. The molecule has 4 heteroatoms. The van der Waals surface area contributed by atoms with Crippen LogP contribution in [0.25, 0.3) is 0 Å². The third-order valence-corrected chi connectivity index (χ3v) is 6.00. The van der Waals surface area contributed by atoms with Crippen LogP contribution in [0.3, 0.4) is 0 Å². The number of benzene rings is 2. The van der Waals surface area contributed by atoms with Gasteiger partial charge >= 0.3 is 137 Å². The number of halogens is 1. The van der Waals surface area contributed by atoms with Crippen molar-refractivity contribution in [2.75, 3.05) is 7.11 Å². The summed E-state index contributed by atoms with van der Waals surface area (Å²) in [5.74, 6) is -0.236. The van der Waals surface area contributed by atoms with E-state index in [0.717, 1.165) is 16.4 Å². The Bertz CT molecular complexity index is 586. The second kappa shape index (κ2) is 8.44. The molecule has 1 N–H and O–H groups in total. The molecule has 2 rings (SSSR count). The molecular formula is C18H21FO2Se. The Kier molecular flexibility index (Phi) is 6.59. The van der Waals surface area contributed by atoms with E-state index < -0.39 is 6.10 Å². The van der Waals surface area contributed by atoms with Crippen molar-refractivity contribution in [1.29, 1.82) is 0 Å². The van der Waals surface area contributed by atoms with Crippen LogP contribution in [0, 0.1) is 5.82 Å². The zero-order chi connectivity index (χ0) is 15.9. The molecule has 0 aliphatic carbocycles. The molecule has 0 aliphatic rings. The van der Waals surface area contributed by atoms with Gasteiger partial charge in [-0.15, -0.1) is 0 Å². The standard InChI is InChI=1S/C18H21FO2Se/c1-3-16(20)15-6-4-5-7-18(15)22-12-17(21-2)13-8-10-14(19)11-9-13/h4-11,16-17,20H,3,12H2,1-2H3/t16-,17-/m0/s1. The number of methoxy groups -OCH3 is 1. The molecule has 0 heterocycles. The van der Waals surface area contributed by atoms with Gasteiger partial charge in [-0.1, -0.05) is 0 Å². The van der Waals surface area contributed by atoms with Crippen molar-refractivity contribution in [2.24, 2.45) is 0 Å². The fourth-order valence-corrected chi connectivity index (χ4v) is 4.78. The summed E-state index contributed by atoms with van der Waals surface area (Å²) in [6.07, 6.45) is 0.246. The van der Waals surface area contributed by atoms with E-state index in [9.17, 15) is 9.50 Å². The van der Waals surface area contributed by atoms with Gasteiger partial charge in [0.2, 0.25) is 0 Å². The van der Waals surface area contributed by atoms with Crippen LogP contribution >= 0.6 is 0 Å². The van der Waals surface area contributed by atoms with Crippen LogP contribution in [0.4, 0.5) is 4.39 Å². The molecule has 0 aliphatic heterocycles. The monoisotopic (exact) mass is 368 g/mol. The first kappa shape index (κ1) is 17.2. The summed E-state index contributed by atoms with van der Waals surface area (Å²) < 4.78 is 19.8. The number of ether oxygens (including phenoxy) is 1. The topological polar surface area (TPSA) is 29.5 Å². The second-order valence-corrected chi connectivity index (χ2v) is 7.28. The van der Waals surface area contributed by atoms with Crippen LogP contribution in [0.15, 0.2) is 48.5 Å². The van der Waals surface area contributed by atoms with Gasteiger partial charge in [0.25, 0.3) is 0 Å². The van der Waals surface area contributed by atoms with Crippen molar-refractivity contribution >= 4 is 19.4 Å². The number of hydrogen-bond acceptors (Lipinski definition) is 2. The summed E-state index contributed by atoms with van der Waals surface area (Å²) in [5, 5.41) is 11.0. The molecule has 0 aromatic heterocycles. The maximum absolute atomic E-state index is 13.0. The van der Waals surface area contributed by atoms with E-state index in [4.69, 9.17) is 4.74 Å². The second-order valence-electron chi connectivity index (χ2n) is 5.05. The zero-order valence-corrected chi connectivity index (χ0v) is 14.5.